The van der Waals surface area contributed by atoms with Gasteiger partial charge in [-0.2, -0.15) is 5.10 Å². The number of nitrogens with one attached hydrogen (secondary N) is 1. The van der Waals surface area contributed by atoms with Gasteiger partial charge in [0.25, 0.3) is 17.9 Å². The molecule has 4 aromatic carbocycles. The summed E-state index contributed by atoms with van der Waals surface area (Å²) < 4.78 is 33.5. The lowest BCUT2D eigenvalue weighted by atomic mass is 9.92. The maximum absolute atomic E-state index is 15.0. The first kappa shape index (κ1) is 36.0. The number of alkyl halides is 2. The summed E-state index contributed by atoms with van der Waals surface area (Å²) in [6.45, 7) is 3.92. The van der Waals surface area contributed by atoms with E-state index in [9.17, 15) is 28.0 Å². The molecule has 2 aromatic heterocycles. The molecule has 3 amide bonds. The predicted octanol–water partition coefficient (Wildman–Crippen LogP) is 7.49. The number of fused-ring (bicyclic) bond motifs is 2. The second-order valence-corrected chi connectivity index (χ2v) is 15.9. The van der Waals surface area contributed by atoms with Crippen molar-refractivity contribution in [3.05, 3.63) is 112 Å². The van der Waals surface area contributed by atoms with Gasteiger partial charge in [-0.05, 0) is 98.7 Å². The molecule has 0 bridgehead atoms. The highest BCUT2D eigenvalue weighted by Crippen LogP contribution is 2.45. The van der Waals surface area contributed by atoms with Gasteiger partial charge >= 0.3 is 0 Å². The number of benzene rings is 4. The highest BCUT2D eigenvalue weighted by atomic mass is 19.3. The number of pyridine rings is 1. The molecule has 1 N–H and O–H groups in total. The van der Waals surface area contributed by atoms with Gasteiger partial charge in [-0.25, -0.2) is 8.78 Å². The number of nitrogens with zero attached hydrogens (tertiary/aromatic N) is 6. The van der Waals surface area contributed by atoms with Crippen molar-refractivity contribution in [3.8, 4) is 11.1 Å². The summed E-state index contributed by atoms with van der Waals surface area (Å²) in [4.78, 5) is 57.0. The Morgan fingerprint density at radius 3 is 2.40 bits per heavy atom. The Morgan fingerprint density at radius 2 is 1.60 bits per heavy atom. The highest BCUT2D eigenvalue weighted by molar-refractivity contribution is 6.28. The van der Waals surface area contributed by atoms with E-state index >= 15 is 0 Å². The molecule has 10 rings (SSSR count). The van der Waals surface area contributed by atoms with Gasteiger partial charge in [0.05, 0.1) is 34.7 Å². The molecule has 58 heavy (non-hydrogen) atoms. The van der Waals surface area contributed by atoms with E-state index in [-0.39, 0.29) is 41.8 Å². The van der Waals surface area contributed by atoms with Crippen LogP contribution in [0.3, 0.4) is 0 Å². The molecule has 1 atom stereocenters. The minimum absolute atomic E-state index is 0.0365. The Balaban J connectivity index is 0.906. The smallest absolute Gasteiger partial charge is 0.264 e. The summed E-state index contributed by atoms with van der Waals surface area (Å²) >= 11 is 0. The lowest BCUT2D eigenvalue weighted by molar-refractivity contribution is -0.134. The Labute approximate surface area is 332 Å². The number of rotatable bonds is 6. The minimum Gasteiger partial charge on any atom is -0.371 e. The summed E-state index contributed by atoms with van der Waals surface area (Å²) in [5.74, 6) is -1.01. The van der Waals surface area contributed by atoms with Crippen molar-refractivity contribution in [2.24, 2.45) is 7.05 Å². The Morgan fingerprint density at radius 1 is 0.810 bits per heavy atom. The number of carbonyl (C=O) groups excluding carboxylic acids is 3. The van der Waals surface area contributed by atoms with Crippen LogP contribution < -0.4 is 25.6 Å². The van der Waals surface area contributed by atoms with E-state index < -0.39 is 18.4 Å². The summed E-state index contributed by atoms with van der Waals surface area (Å²) in [5.41, 5.74) is 7.37. The van der Waals surface area contributed by atoms with Crippen LogP contribution in [-0.4, -0.2) is 57.7 Å². The third-order valence-electron chi connectivity index (χ3n) is 12.6. The van der Waals surface area contributed by atoms with Crippen molar-refractivity contribution >= 4 is 62.1 Å². The largest absolute Gasteiger partial charge is 0.371 e. The van der Waals surface area contributed by atoms with Crippen molar-refractivity contribution in [2.75, 3.05) is 34.3 Å². The second kappa shape index (κ2) is 13.6. The zero-order valence-electron chi connectivity index (χ0n) is 32.2. The molecule has 11 nitrogen and oxygen atoms in total. The van der Waals surface area contributed by atoms with Crippen LogP contribution >= 0.6 is 0 Å². The molecule has 294 valence electrons. The minimum atomic E-state index is -2.70. The standard InChI is InChI=1S/C45H41F2N7O4/c1-25-20-33-34(50(2)44(25)57)8-4-9-36(33)52-17-5-6-26-21-31(32(42(46)47)22-39(26)52)27-23-48-53(24-27)28-15-18-51(19-16-28)35-12-11-30-41-29(35)7-3-10-37(41)54(45(30)58)38-13-14-40(55)49-43(38)56/h3-4,7-12,20-24,28,38,42H,5-6,13-19H2,1-2H3,(H,49,55,56). The third-order valence-corrected chi connectivity index (χ3v) is 12.6. The molecule has 0 saturated carbocycles. The Bertz CT molecular complexity index is 2790. The fourth-order valence-corrected chi connectivity index (χ4v) is 9.75. The van der Waals surface area contributed by atoms with Gasteiger partial charge in [-0.3, -0.25) is 34.1 Å². The van der Waals surface area contributed by atoms with Gasteiger partial charge in [-0.15, -0.1) is 0 Å². The van der Waals surface area contributed by atoms with Crippen LogP contribution in [0.4, 0.5) is 31.5 Å². The molecule has 13 heteroatoms. The van der Waals surface area contributed by atoms with E-state index in [0.717, 1.165) is 83.1 Å². The molecule has 4 aliphatic rings. The number of halogens is 2. The zero-order valence-corrected chi connectivity index (χ0v) is 32.2. The average Bonchev–Trinajstić information content (AvgIpc) is 3.83. The van der Waals surface area contributed by atoms with Gasteiger partial charge in [0.15, 0.2) is 0 Å². The number of imide groups is 1. The van der Waals surface area contributed by atoms with Gasteiger partial charge in [0, 0.05) is 83.5 Å². The summed E-state index contributed by atoms with van der Waals surface area (Å²) in [6.07, 6.45) is 4.54. The Kier molecular flexibility index (Phi) is 8.46. The van der Waals surface area contributed by atoms with E-state index in [1.54, 1.807) is 35.7 Å². The van der Waals surface area contributed by atoms with Crippen molar-refractivity contribution in [1.82, 2.24) is 19.7 Å². The SMILES string of the molecule is Cc1cc2c(N3CCCc4cc(-c5cnn(C6CCN(c7ccc8c9c(cccc79)N(C7CCC(=O)NC7=O)C8=O)CC6)c5)c(C(F)F)cc43)cccc2n(C)c1=O. The Hall–Kier alpha value is -6.37. The number of aryl methyl sites for hydroxylation is 3. The summed E-state index contributed by atoms with van der Waals surface area (Å²) in [7, 11) is 1.76. The van der Waals surface area contributed by atoms with E-state index in [1.807, 2.05) is 71.5 Å². The molecule has 2 saturated heterocycles. The molecule has 1 unspecified atom stereocenters. The lowest BCUT2D eigenvalue weighted by Gasteiger charge is -2.34. The predicted molar refractivity (Wildman–Crippen MR) is 219 cm³/mol. The molecular formula is C45H41F2N7O4. The van der Waals surface area contributed by atoms with Crippen LogP contribution in [0, 0.1) is 6.92 Å². The van der Waals surface area contributed by atoms with Crippen LogP contribution in [0.25, 0.3) is 32.8 Å². The van der Waals surface area contributed by atoms with E-state index in [2.05, 4.69) is 15.1 Å². The molecule has 0 radical (unpaired) electrons. The van der Waals surface area contributed by atoms with Gasteiger partial charge in [0.2, 0.25) is 11.8 Å². The first-order valence-electron chi connectivity index (χ1n) is 19.9. The molecule has 0 spiro atoms. The van der Waals surface area contributed by atoms with E-state index in [4.69, 9.17) is 5.10 Å². The van der Waals surface area contributed by atoms with Crippen LogP contribution in [0.1, 0.15) is 71.6 Å². The molecular weight excluding hydrogens is 741 g/mol. The van der Waals surface area contributed by atoms with E-state index in [1.165, 1.54) is 0 Å². The van der Waals surface area contributed by atoms with E-state index in [0.29, 0.717) is 34.5 Å². The van der Waals surface area contributed by atoms with Gasteiger partial charge < -0.3 is 14.4 Å². The number of amides is 3. The van der Waals surface area contributed by atoms with Crippen LogP contribution in [0.2, 0.25) is 0 Å². The first-order chi connectivity index (χ1) is 28.1. The van der Waals surface area contributed by atoms with Crippen molar-refractivity contribution in [2.45, 2.75) is 64.0 Å². The van der Waals surface area contributed by atoms with Gasteiger partial charge in [-0.1, -0.05) is 18.2 Å². The monoisotopic (exact) mass is 781 g/mol. The fourth-order valence-electron chi connectivity index (χ4n) is 9.75. The number of anilines is 4. The molecule has 0 aliphatic carbocycles. The van der Waals surface area contributed by atoms with Crippen LogP contribution in [0.5, 0.6) is 0 Å². The lowest BCUT2D eigenvalue weighted by Crippen LogP contribution is -2.53. The van der Waals surface area contributed by atoms with Gasteiger partial charge in [0.1, 0.15) is 6.04 Å². The number of carbonyl (C=O) groups is 3. The van der Waals surface area contributed by atoms with Crippen LogP contribution in [0.15, 0.2) is 83.9 Å². The number of aromatic nitrogens is 3. The maximum atomic E-state index is 15.0. The fraction of sp³-hybridized carbons (Fsp3) is 0.311. The quantitative estimate of drug-likeness (QED) is 0.174. The van der Waals surface area contributed by atoms with Crippen LogP contribution in [-0.2, 0) is 23.1 Å². The van der Waals surface area contributed by atoms with Crippen molar-refractivity contribution in [1.29, 1.82) is 0 Å². The summed E-state index contributed by atoms with van der Waals surface area (Å²) in [6, 6.07) is 20.2. The maximum Gasteiger partial charge on any atom is 0.264 e. The zero-order chi connectivity index (χ0) is 40.0. The van der Waals surface area contributed by atoms with Crippen molar-refractivity contribution < 1.29 is 23.2 Å². The molecule has 6 heterocycles. The average molecular weight is 782 g/mol. The highest BCUT2D eigenvalue weighted by Gasteiger charge is 2.41. The van der Waals surface area contributed by atoms with Crippen molar-refractivity contribution in [3.63, 3.8) is 0 Å². The third kappa shape index (κ3) is 5.61. The normalized spacial score (nSPS) is 18.5. The molecule has 4 aliphatic heterocycles. The number of hydrogen-bond donors (Lipinski definition) is 1. The first-order valence-corrected chi connectivity index (χ1v) is 19.9. The second-order valence-electron chi connectivity index (χ2n) is 15.9. The number of piperidine rings is 2. The number of hydrogen-bond acceptors (Lipinski definition) is 7. The molecule has 2 fully saturated rings. The molecule has 6 aromatic rings. The topological polar surface area (TPSA) is 113 Å². The summed E-state index contributed by atoms with van der Waals surface area (Å²) in [5, 5.41) is 9.76.